The zero-order chi connectivity index (χ0) is 18.3. The van der Waals surface area contributed by atoms with E-state index in [9.17, 15) is 13.2 Å². The van der Waals surface area contributed by atoms with Crippen molar-refractivity contribution in [3.8, 4) is 5.75 Å². The second kappa shape index (κ2) is 8.64. The number of benzene rings is 2. The standard InChI is InChI=1S/C18H21NO5S/c1-19(23-2)18(20)17(13-14-24-15-9-5-3-6-10-15)25(21,22)16-11-7-4-8-12-16/h3-12,17H,13-14H2,1-2H3. The fourth-order valence-electron chi connectivity index (χ4n) is 2.28. The Morgan fingerprint density at radius 2 is 1.60 bits per heavy atom. The van der Waals surface area contributed by atoms with Gasteiger partial charge in [0, 0.05) is 13.5 Å². The molecular formula is C18H21NO5S. The number of nitrogens with zero attached hydrogens (tertiary/aromatic N) is 1. The van der Waals surface area contributed by atoms with Gasteiger partial charge in [0.15, 0.2) is 9.84 Å². The monoisotopic (exact) mass is 363 g/mol. The molecule has 2 aromatic rings. The first-order chi connectivity index (χ1) is 12.0. The third-order valence-corrected chi connectivity index (χ3v) is 5.81. The summed E-state index contributed by atoms with van der Waals surface area (Å²) >= 11 is 0. The van der Waals surface area contributed by atoms with Crippen LogP contribution in [0.3, 0.4) is 0 Å². The number of para-hydroxylation sites is 1. The highest BCUT2D eigenvalue weighted by molar-refractivity contribution is 7.92. The Morgan fingerprint density at radius 3 is 2.16 bits per heavy atom. The van der Waals surface area contributed by atoms with Crippen LogP contribution in [0.15, 0.2) is 65.6 Å². The van der Waals surface area contributed by atoms with E-state index in [1.54, 1.807) is 30.3 Å². The Labute approximate surface area is 147 Å². The van der Waals surface area contributed by atoms with Gasteiger partial charge in [-0.2, -0.15) is 0 Å². The van der Waals surface area contributed by atoms with Crippen LogP contribution in [0, 0.1) is 0 Å². The van der Waals surface area contributed by atoms with Crippen LogP contribution in [0.25, 0.3) is 0 Å². The second-order valence-electron chi connectivity index (χ2n) is 5.32. The summed E-state index contributed by atoms with van der Waals surface area (Å²) in [6, 6.07) is 16.9. The number of hydrogen-bond acceptors (Lipinski definition) is 5. The average Bonchev–Trinajstić information content (AvgIpc) is 2.65. The zero-order valence-corrected chi connectivity index (χ0v) is 15.0. The maximum absolute atomic E-state index is 12.9. The lowest BCUT2D eigenvalue weighted by molar-refractivity contribution is -0.168. The molecule has 2 aromatic carbocycles. The maximum Gasteiger partial charge on any atom is 0.264 e. The number of sulfone groups is 1. The summed E-state index contributed by atoms with van der Waals surface area (Å²) in [4.78, 5) is 17.5. The Morgan fingerprint density at radius 1 is 1.04 bits per heavy atom. The minimum Gasteiger partial charge on any atom is -0.494 e. The van der Waals surface area contributed by atoms with Gasteiger partial charge in [0.25, 0.3) is 5.91 Å². The van der Waals surface area contributed by atoms with E-state index in [-0.39, 0.29) is 17.9 Å². The van der Waals surface area contributed by atoms with E-state index in [0.29, 0.717) is 5.75 Å². The van der Waals surface area contributed by atoms with Crippen molar-refractivity contribution in [2.75, 3.05) is 20.8 Å². The van der Waals surface area contributed by atoms with Crippen LogP contribution >= 0.6 is 0 Å². The summed E-state index contributed by atoms with van der Waals surface area (Å²) in [6.07, 6.45) is 0.0126. The molecule has 0 heterocycles. The minimum atomic E-state index is -3.86. The third-order valence-electron chi connectivity index (χ3n) is 3.70. The van der Waals surface area contributed by atoms with Crippen LogP contribution in [-0.4, -0.2) is 45.4 Å². The Kier molecular flexibility index (Phi) is 6.55. The summed E-state index contributed by atoms with van der Waals surface area (Å²) in [6.45, 7) is 0.0873. The van der Waals surface area contributed by atoms with Gasteiger partial charge < -0.3 is 4.74 Å². The van der Waals surface area contributed by atoms with Gasteiger partial charge in [-0.3, -0.25) is 9.63 Å². The highest BCUT2D eigenvalue weighted by Crippen LogP contribution is 2.21. The third kappa shape index (κ3) is 4.80. The fraction of sp³-hybridized carbons (Fsp3) is 0.278. The van der Waals surface area contributed by atoms with Crippen LogP contribution < -0.4 is 4.74 Å². The predicted molar refractivity (Wildman–Crippen MR) is 93.7 cm³/mol. The average molecular weight is 363 g/mol. The first-order valence-electron chi connectivity index (χ1n) is 7.75. The van der Waals surface area contributed by atoms with Crippen molar-refractivity contribution < 1.29 is 22.8 Å². The molecule has 7 heteroatoms. The van der Waals surface area contributed by atoms with Gasteiger partial charge in [-0.15, -0.1) is 0 Å². The summed E-state index contributed by atoms with van der Waals surface area (Å²) in [5, 5.41) is -0.364. The van der Waals surface area contributed by atoms with Crippen LogP contribution in [0.5, 0.6) is 5.75 Å². The molecule has 0 radical (unpaired) electrons. The molecule has 0 saturated heterocycles. The number of hydrogen-bond donors (Lipinski definition) is 0. The van der Waals surface area contributed by atoms with Crippen molar-refractivity contribution in [3.63, 3.8) is 0 Å². The van der Waals surface area contributed by atoms with Crippen LogP contribution in [0.1, 0.15) is 6.42 Å². The topological polar surface area (TPSA) is 72.9 Å². The first kappa shape index (κ1) is 19.0. The van der Waals surface area contributed by atoms with Crippen molar-refractivity contribution in [3.05, 3.63) is 60.7 Å². The second-order valence-corrected chi connectivity index (χ2v) is 7.45. The molecule has 0 aromatic heterocycles. The molecule has 6 nitrogen and oxygen atoms in total. The molecule has 0 saturated carbocycles. The quantitative estimate of drug-likeness (QED) is 0.673. The summed E-state index contributed by atoms with van der Waals surface area (Å²) in [5.74, 6) is -0.0195. The molecular weight excluding hydrogens is 342 g/mol. The van der Waals surface area contributed by atoms with E-state index in [4.69, 9.17) is 9.57 Å². The van der Waals surface area contributed by atoms with Gasteiger partial charge in [-0.05, 0) is 24.3 Å². The van der Waals surface area contributed by atoms with Crippen LogP contribution in [-0.2, 0) is 19.5 Å². The molecule has 0 aliphatic heterocycles. The lowest BCUT2D eigenvalue weighted by Gasteiger charge is -2.22. The molecule has 25 heavy (non-hydrogen) atoms. The zero-order valence-electron chi connectivity index (χ0n) is 14.2. The normalized spacial score (nSPS) is 12.4. The van der Waals surface area contributed by atoms with Gasteiger partial charge in [0.2, 0.25) is 0 Å². The largest absolute Gasteiger partial charge is 0.494 e. The highest BCUT2D eigenvalue weighted by atomic mass is 32.2. The Balaban J connectivity index is 2.20. The number of hydroxylamine groups is 2. The smallest absolute Gasteiger partial charge is 0.264 e. The highest BCUT2D eigenvalue weighted by Gasteiger charge is 2.36. The molecule has 1 atom stereocenters. The van der Waals surface area contributed by atoms with E-state index in [0.717, 1.165) is 5.06 Å². The minimum absolute atomic E-state index is 0.0126. The molecule has 0 spiro atoms. The Bertz CT molecular complexity index is 778. The van der Waals surface area contributed by atoms with E-state index >= 15 is 0 Å². The molecule has 0 bridgehead atoms. The molecule has 0 aliphatic carbocycles. The van der Waals surface area contributed by atoms with Crippen molar-refractivity contribution in [2.24, 2.45) is 0 Å². The molecule has 1 amide bonds. The summed E-state index contributed by atoms with van der Waals surface area (Å²) in [7, 11) is -1.17. The van der Waals surface area contributed by atoms with Gasteiger partial charge in [0.1, 0.15) is 11.0 Å². The Hall–Kier alpha value is -2.38. The van der Waals surface area contributed by atoms with Gasteiger partial charge in [0.05, 0.1) is 18.6 Å². The number of rotatable bonds is 8. The number of carbonyl (C=O) groups is 1. The molecule has 2 rings (SSSR count). The van der Waals surface area contributed by atoms with Gasteiger partial charge in [-0.25, -0.2) is 13.5 Å². The first-order valence-corrected chi connectivity index (χ1v) is 9.30. The molecule has 134 valence electrons. The van der Waals surface area contributed by atoms with E-state index in [2.05, 4.69) is 0 Å². The molecule has 0 fully saturated rings. The van der Waals surface area contributed by atoms with Gasteiger partial charge >= 0.3 is 0 Å². The summed E-state index contributed by atoms with van der Waals surface area (Å²) < 4.78 is 31.3. The SMILES string of the molecule is CON(C)C(=O)C(CCOc1ccccc1)S(=O)(=O)c1ccccc1. The maximum atomic E-state index is 12.9. The molecule has 1 unspecified atom stereocenters. The van der Waals surface area contributed by atoms with Crippen LogP contribution in [0.4, 0.5) is 0 Å². The predicted octanol–water partition coefficient (Wildman–Crippen LogP) is 2.32. The molecule has 0 aliphatic rings. The fourth-order valence-corrected chi connectivity index (χ4v) is 3.96. The number of ether oxygens (including phenoxy) is 1. The number of carbonyl (C=O) groups excluding carboxylic acids is 1. The van der Waals surface area contributed by atoms with Crippen molar-refractivity contribution >= 4 is 15.7 Å². The lowest BCUT2D eigenvalue weighted by atomic mass is 10.3. The van der Waals surface area contributed by atoms with Crippen molar-refractivity contribution in [1.29, 1.82) is 0 Å². The van der Waals surface area contributed by atoms with Crippen molar-refractivity contribution in [2.45, 2.75) is 16.6 Å². The lowest BCUT2D eigenvalue weighted by Crippen LogP contribution is -2.41. The number of amides is 1. The van der Waals surface area contributed by atoms with Gasteiger partial charge in [-0.1, -0.05) is 36.4 Å². The summed E-state index contributed by atoms with van der Waals surface area (Å²) in [5.41, 5.74) is 0. The van der Waals surface area contributed by atoms with Crippen molar-refractivity contribution in [1.82, 2.24) is 5.06 Å². The molecule has 0 N–H and O–H groups in total. The van der Waals surface area contributed by atoms with E-state index < -0.39 is 21.0 Å². The van der Waals surface area contributed by atoms with E-state index in [1.807, 2.05) is 18.2 Å². The van der Waals surface area contributed by atoms with E-state index in [1.165, 1.54) is 26.3 Å². The van der Waals surface area contributed by atoms with Crippen LogP contribution in [0.2, 0.25) is 0 Å².